The van der Waals surface area contributed by atoms with Crippen LogP contribution in [0.5, 0.6) is 0 Å². The van der Waals surface area contributed by atoms with Crippen LogP contribution in [0.2, 0.25) is 5.02 Å². The van der Waals surface area contributed by atoms with Gasteiger partial charge in [0.2, 0.25) is 0 Å². The molecule has 0 unspecified atom stereocenters. The number of amidine groups is 1. The lowest BCUT2D eigenvalue weighted by Crippen LogP contribution is -2.07. The number of benzene rings is 1. The number of thioether (sulfide) groups is 1. The summed E-state index contributed by atoms with van der Waals surface area (Å²) in [5, 5.41) is 1.33. The summed E-state index contributed by atoms with van der Waals surface area (Å²) in [6.45, 7) is 4.13. The maximum Gasteiger partial charge on any atom is 0.154 e. The van der Waals surface area contributed by atoms with E-state index < -0.39 is 0 Å². The molecule has 1 aromatic rings. The topological polar surface area (TPSA) is 38.4 Å². The third-order valence-corrected chi connectivity index (χ3v) is 2.96. The monoisotopic (exact) mass is 240 g/mol. The van der Waals surface area contributed by atoms with Crippen LogP contribution in [-0.4, -0.2) is 11.7 Å². The van der Waals surface area contributed by atoms with Crippen LogP contribution in [0.3, 0.4) is 0 Å². The first kappa shape index (κ1) is 12.1. The summed E-state index contributed by atoms with van der Waals surface area (Å²) < 4.78 is 0. The predicted molar refractivity (Wildman–Crippen MR) is 69.4 cm³/mol. The highest BCUT2D eigenvalue weighted by Crippen LogP contribution is 2.20. The number of aliphatic imine (C=N–C) groups is 1. The lowest BCUT2D eigenvalue weighted by molar-refractivity contribution is 1.25. The van der Waals surface area contributed by atoms with Crippen LogP contribution < -0.4 is 5.73 Å². The zero-order valence-electron chi connectivity index (χ0n) is 8.32. The van der Waals surface area contributed by atoms with Crippen LogP contribution in [0.4, 0.5) is 0 Å². The highest BCUT2D eigenvalue weighted by molar-refractivity contribution is 8.13. The van der Waals surface area contributed by atoms with E-state index in [1.54, 1.807) is 6.08 Å². The molecule has 1 aromatic carbocycles. The summed E-state index contributed by atoms with van der Waals surface area (Å²) in [6, 6.07) is 7.72. The van der Waals surface area contributed by atoms with Gasteiger partial charge in [-0.05, 0) is 11.6 Å². The number of hydrogen-bond donors (Lipinski definition) is 1. The first-order valence-electron chi connectivity index (χ1n) is 4.51. The molecule has 0 saturated carbocycles. The molecule has 0 heterocycles. The van der Waals surface area contributed by atoms with Crippen molar-refractivity contribution in [3.8, 4) is 0 Å². The molecule has 4 heteroatoms. The molecule has 0 aromatic heterocycles. The zero-order valence-corrected chi connectivity index (χ0v) is 9.89. The molecule has 0 spiro atoms. The molecule has 15 heavy (non-hydrogen) atoms. The van der Waals surface area contributed by atoms with Crippen molar-refractivity contribution in [3.63, 3.8) is 0 Å². The van der Waals surface area contributed by atoms with Crippen LogP contribution in [0, 0.1) is 0 Å². The van der Waals surface area contributed by atoms with Crippen LogP contribution in [-0.2, 0) is 5.75 Å². The zero-order chi connectivity index (χ0) is 11.1. The van der Waals surface area contributed by atoms with Crippen molar-refractivity contribution in [2.24, 2.45) is 10.7 Å². The van der Waals surface area contributed by atoms with E-state index >= 15 is 0 Å². The average Bonchev–Trinajstić information content (AvgIpc) is 2.25. The molecule has 0 bridgehead atoms. The molecule has 0 saturated heterocycles. The van der Waals surface area contributed by atoms with Crippen LogP contribution >= 0.6 is 23.4 Å². The smallest absolute Gasteiger partial charge is 0.154 e. The van der Waals surface area contributed by atoms with Gasteiger partial charge in [0.05, 0.1) is 6.54 Å². The normalized spacial score (nSPS) is 11.4. The van der Waals surface area contributed by atoms with E-state index in [2.05, 4.69) is 11.6 Å². The predicted octanol–water partition coefficient (Wildman–Crippen LogP) is 3.07. The van der Waals surface area contributed by atoms with Gasteiger partial charge in [-0.15, -0.1) is 6.58 Å². The van der Waals surface area contributed by atoms with Gasteiger partial charge in [-0.25, -0.2) is 0 Å². The maximum atomic E-state index is 6.00. The third-order valence-electron chi connectivity index (χ3n) is 1.71. The quantitative estimate of drug-likeness (QED) is 0.499. The van der Waals surface area contributed by atoms with Gasteiger partial charge in [-0.2, -0.15) is 0 Å². The van der Waals surface area contributed by atoms with E-state index in [9.17, 15) is 0 Å². The van der Waals surface area contributed by atoms with Crippen molar-refractivity contribution in [2.75, 3.05) is 6.54 Å². The van der Waals surface area contributed by atoms with E-state index in [0.29, 0.717) is 11.7 Å². The van der Waals surface area contributed by atoms with Crippen molar-refractivity contribution in [2.45, 2.75) is 5.75 Å². The Balaban J connectivity index is 2.50. The molecule has 0 atom stereocenters. The second-order valence-corrected chi connectivity index (χ2v) is 4.25. The largest absolute Gasteiger partial charge is 0.379 e. The molecule has 1 rings (SSSR count). The number of hydrogen-bond acceptors (Lipinski definition) is 2. The fourth-order valence-electron chi connectivity index (χ4n) is 0.967. The van der Waals surface area contributed by atoms with Gasteiger partial charge >= 0.3 is 0 Å². The highest BCUT2D eigenvalue weighted by Gasteiger charge is 2.00. The minimum atomic E-state index is 0.557. The van der Waals surface area contributed by atoms with E-state index in [1.165, 1.54) is 11.8 Å². The molecular weight excluding hydrogens is 228 g/mol. The molecule has 2 N–H and O–H groups in total. The SMILES string of the molecule is C=CCN=C(N)SCc1ccccc1Cl. The van der Waals surface area contributed by atoms with Crippen molar-refractivity contribution >= 4 is 28.5 Å². The molecule has 0 amide bonds. The van der Waals surface area contributed by atoms with Gasteiger partial charge in [0, 0.05) is 10.8 Å². The minimum absolute atomic E-state index is 0.557. The Hall–Kier alpha value is -0.930. The summed E-state index contributed by atoms with van der Waals surface area (Å²) >= 11 is 7.48. The Labute approximate surface area is 99.2 Å². The summed E-state index contributed by atoms with van der Waals surface area (Å²) in [5.74, 6) is 0.742. The summed E-state index contributed by atoms with van der Waals surface area (Å²) in [7, 11) is 0. The van der Waals surface area contributed by atoms with E-state index in [4.69, 9.17) is 17.3 Å². The number of nitrogens with two attached hydrogens (primary N) is 1. The Morgan fingerprint density at radius 2 is 2.27 bits per heavy atom. The van der Waals surface area contributed by atoms with Gasteiger partial charge in [0.25, 0.3) is 0 Å². The van der Waals surface area contributed by atoms with Crippen LogP contribution in [0.25, 0.3) is 0 Å². The number of nitrogens with zero attached hydrogens (tertiary/aromatic N) is 1. The number of halogens is 1. The Morgan fingerprint density at radius 3 is 2.93 bits per heavy atom. The lowest BCUT2D eigenvalue weighted by atomic mass is 10.2. The van der Waals surface area contributed by atoms with Crippen LogP contribution in [0.15, 0.2) is 41.9 Å². The molecular formula is C11H13ClN2S. The first-order valence-corrected chi connectivity index (χ1v) is 5.87. The molecule has 0 aliphatic carbocycles. The molecule has 0 aliphatic rings. The average molecular weight is 241 g/mol. The highest BCUT2D eigenvalue weighted by atomic mass is 35.5. The summed E-state index contributed by atoms with van der Waals surface area (Å²) in [4.78, 5) is 4.08. The third kappa shape index (κ3) is 4.40. The molecule has 80 valence electrons. The molecule has 0 fully saturated rings. The van der Waals surface area contributed by atoms with Gasteiger partial charge < -0.3 is 5.73 Å². The van der Waals surface area contributed by atoms with Crippen molar-refractivity contribution < 1.29 is 0 Å². The molecule has 0 aliphatic heterocycles. The van der Waals surface area contributed by atoms with E-state index in [-0.39, 0.29) is 0 Å². The Bertz CT molecular complexity index is 363. The molecule has 2 nitrogen and oxygen atoms in total. The van der Waals surface area contributed by atoms with Crippen molar-refractivity contribution in [1.29, 1.82) is 0 Å². The molecule has 0 radical (unpaired) electrons. The van der Waals surface area contributed by atoms with Crippen molar-refractivity contribution in [1.82, 2.24) is 0 Å². The van der Waals surface area contributed by atoms with Gasteiger partial charge in [0.1, 0.15) is 0 Å². The lowest BCUT2D eigenvalue weighted by Gasteiger charge is -2.02. The second-order valence-electron chi connectivity index (χ2n) is 2.85. The second kappa shape index (κ2) is 6.53. The first-order chi connectivity index (χ1) is 7.24. The van der Waals surface area contributed by atoms with Gasteiger partial charge in [0.15, 0.2) is 5.17 Å². The maximum absolute atomic E-state index is 6.00. The number of rotatable bonds is 4. The fourth-order valence-corrected chi connectivity index (χ4v) is 1.97. The summed E-state index contributed by atoms with van der Waals surface area (Å²) in [5.41, 5.74) is 6.75. The van der Waals surface area contributed by atoms with E-state index in [1.807, 2.05) is 24.3 Å². The van der Waals surface area contributed by atoms with Crippen LogP contribution in [0.1, 0.15) is 5.56 Å². The minimum Gasteiger partial charge on any atom is -0.379 e. The fraction of sp³-hybridized carbons (Fsp3) is 0.182. The van der Waals surface area contributed by atoms with E-state index in [0.717, 1.165) is 16.3 Å². The Morgan fingerprint density at radius 1 is 1.53 bits per heavy atom. The van der Waals surface area contributed by atoms with Gasteiger partial charge in [-0.3, -0.25) is 4.99 Å². The summed E-state index contributed by atoms with van der Waals surface area (Å²) in [6.07, 6.45) is 1.71. The van der Waals surface area contributed by atoms with Gasteiger partial charge in [-0.1, -0.05) is 47.6 Å². The standard InChI is InChI=1S/C11H13ClN2S/c1-2-7-14-11(13)15-8-9-5-3-4-6-10(9)12/h2-6H,1,7-8H2,(H2,13,14). The Kier molecular flexibility index (Phi) is 5.29. The van der Waals surface area contributed by atoms with Crippen molar-refractivity contribution in [3.05, 3.63) is 47.5 Å².